The second-order valence-electron chi connectivity index (χ2n) is 37.7. The van der Waals surface area contributed by atoms with Gasteiger partial charge in [-0.15, -0.1) is 113 Å². The van der Waals surface area contributed by atoms with Crippen molar-refractivity contribution in [2.24, 2.45) is 11.8 Å². The van der Waals surface area contributed by atoms with Crippen LogP contribution in [0.5, 0.6) is 0 Å². The lowest BCUT2D eigenvalue weighted by molar-refractivity contribution is 0.103. The van der Waals surface area contributed by atoms with Gasteiger partial charge in [-0.05, 0) is 231 Å². The molecule has 10 heterocycles. The molecular formula is C120H134N4O2S10. The SMILES string of the molecule is [C-]#[N+]/C(C#N)=C1\C(=Cc2cc(CCCCCC)c(-c3cc(CCCCCC)c(-c4cc(CCCCCC)c(-c5cc6c(-c7ccc(CC(CC)CCCC)s7)c7sc(-c8sc(-c9sc(-c%10sc(C=C%11C(=O)c%12ccccc%12/C%11=C(/C#N)[N+]#[C-])cc%10CCCCCC)cc9CCCCCC)cc8CCCCCC)cc7c(-c7ccc(CC(CC)CCCC)s7)c6s5)s4)s3)s2)C(=O)c2ccccc21. The number of carbonyl (C=O) groups excluding carboxylic acids is 2. The molecule has 0 amide bonds. The van der Waals surface area contributed by atoms with Crippen LogP contribution < -0.4 is 0 Å². The zero-order chi connectivity index (χ0) is 95.1. The molecule has 706 valence electrons. The van der Waals surface area contributed by atoms with E-state index in [1.807, 2.05) is 106 Å². The third kappa shape index (κ3) is 23.5. The molecule has 0 bridgehead atoms. The average molecular weight is 1990 g/mol. The normalized spacial score (nSPS) is 14.4. The maximum atomic E-state index is 14.5. The lowest BCUT2D eigenvalue weighted by atomic mass is 9.95. The Morgan fingerprint density at radius 2 is 0.610 bits per heavy atom. The fourth-order valence-electron chi connectivity index (χ4n) is 20.2. The van der Waals surface area contributed by atoms with E-state index >= 15 is 0 Å². The van der Waals surface area contributed by atoms with Crippen LogP contribution in [0, 0.1) is 47.6 Å². The topological polar surface area (TPSA) is 90.4 Å². The molecule has 10 aromatic heterocycles. The number of fused-ring (bicyclic) bond motifs is 4. The van der Waals surface area contributed by atoms with Gasteiger partial charge in [0.1, 0.15) is 0 Å². The second kappa shape index (κ2) is 50.0. The number of aryl methyl sites for hydroxylation is 6. The first kappa shape index (κ1) is 102. The standard InChI is InChI=1S/C120H134N4O2S10/c1-13-23-31-37-49-79-65-87(71-93-107(97(75-121)123-11)89-55-43-45-57-91(89)111(93)125)129-113(79)101-67-81(51-39-33-25-15-3)115(131-101)103-69-83(53-41-35-27-17-5)117(133-103)105-73-95-109(99-61-59-85(127-99)63-77(21-9)47-29-19-7)120-96(110(119(95)135-105)100-62-60-86(128-100)64-78(22-10)48-30-20-8)74-106(136-120)118-84(54-42-36-28-18-6)70-104(134-118)116-82(52-40-34-26-16-4)68-102(132-116)114-80(50-38-32-24-14-2)66-88(130-114)72-94-108(98(76-122)124-12)90-56-44-46-58-92(90)112(94)126/h43-46,55-62,65-74,77-78H,13-42,47-54,63-64H2,1-10H3/b93-71?,94-72?,107-97-,108-98+. The monoisotopic (exact) mass is 1980 g/mol. The van der Waals surface area contributed by atoms with Crippen molar-refractivity contribution in [2.45, 2.75) is 326 Å². The van der Waals surface area contributed by atoms with Gasteiger partial charge in [-0.2, -0.15) is 0 Å². The van der Waals surface area contributed by atoms with Gasteiger partial charge < -0.3 is 0 Å². The van der Waals surface area contributed by atoms with E-state index in [2.05, 4.69) is 209 Å². The molecule has 0 saturated carbocycles. The number of hydrogen-bond donors (Lipinski definition) is 0. The molecule has 2 atom stereocenters. The highest BCUT2D eigenvalue weighted by Gasteiger charge is 2.36. The summed E-state index contributed by atoms with van der Waals surface area (Å²) in [6, 6.07) is 49.7. The summed E-state index contributed by atoms with van der Waals surface area (Å²) in [6.45, 7) is 39.6. The van der Waals surface area contributed by atoms with E-state index < -0.39 is 0 Å². The minimum Gasteiger partial charge on any atom is -0.289 e. The Morgan fingerprint density at radius 1 is 0.324 bits per heavy atom. The van der Waals surface area contributed by atoms with Crippen molar-refractivity contribution in [2.75, 3.05) is 0 Å². The molecule has 16 heteroatoms. The Kier molecular flexibility index (Phi) is 37.5. The summed E-state index contributed by atoms with van der Waals surface area (Å²) >= 11 is 19.8. The molecule has 0 saturated heterocycles. The van der Waals surface area contributed by atoms with Crippen LogP contribution in [0.25, 0.3) is 133 Å². The van der Waals surface area contributed by atoms with Crippen LogP contribution in [0.1, 0.15) is 359 Å². The average Bonchev–Trinajstić information content (AvgIpc) is 1.57. The summed E-state index contributed by atoms with van der Waals surface area (Å²) in [4.78, 5) is 60.3. The van der Waals surface area contributed by atoms with Gasteiger partial charge in [-0.3, -0.25) is 9.59 Å². The second-order valence-corrected chi connectivity index (χ2v) is 48.5. The summed E-state index contributed by atoms with van der Waals surface area (Å²) in [6.07, 6.45) is 49.9. The first-order valence-corrected chi connectivity index (χ1v) is 59.6. The van der Waals surface area contributed by atoms with Crippen molar-refractivity contribution >= 4 is 168 Å². The summed E-state index contributed by atoms with van der Waals surface area (Å²) in [5, 5.41) is 23.6. The van der Waals surface area contributed by atoms with Gasteiger partial charge in [0.25, 0.3) is 11.4 Å². The number of Topliss-reactive ketones (excluding diaryl/α,β-unsaturated/α-hetero) is 2. The number of nitrogens with zero attached hydrogens (tertiary/aromatic N) is 4. The highest BCUT2D eigenvalue weighted by molar-refractivity contribution is 7.32. The number of rotatable bonds is 52. The zero-order valence-corrected chi connectivity index (χ0v) is 90.0. The van der Waals surface area contributed by atoms with Gasteiger partial charge in [-0.1, -0.05) is 285 Å². The van der Waals surface area contributed by atoms with E-state index in [1.165, 1.54) is 284 Å². The van der Waals surface area contributed by atoms with Gasteiger partial charge in [0.2, 0.25) is 0 Å². The molecule has 13 aromatic rings. The molecule has 2 unspecified atom stereocenters. The molecule has 0 spiro atoms. The highest BCUT2D eigenvalue weighted by Crippen LogP contribution is 2.59. The Bertz CT molecular complexity index is 6180. The van der Waals surface area contributed by atoms with Crippen LogP contribution in [0.15, 0.2) is 144 Å². The minimum absolute atomic E-state index is 0.0485. The molecule has 6 nitrogen and oxygen atoms in total. The third-order valence-corrected chi connectivity index (χ3v) is 40.4. The molecular weight excluding hydrogens is 1850 g/mol. The maximum absolute atomic E-state index is 14.5. The maximum Gasteiger partial charge on any atom is 0.270 e. The van der Waals surface area contributed by atoms with Crippen LogP contribution >= 0.6 is 113 Å². The molecule has 0 N–H and O–H groups in total. The number of nitriles is 2. The van der Waals surface area contributed by atoms with Crippen LogP contribution in [0.2, 0.25) is 0 Å². The van der Waals surface area contributed by atoms with Crippen LogP contribution in [0.3, 0.4) is 0 Å². The van der Waals surface area contributed by atoms with Gasteiger partial charge in [0.05, 0.1) is 25.3 Å². The van der Waals surface area contributed by atoms with Crippen LogP contribution in [-0.2, 0) is 51.4 Å². The lowest BCUT2D eigenvalue weighted by Crippen LogP contribution is -2.01. The first-order chi connectivity index (χ1) is 66.7. The van der Waals surface area contributed by atoms with E-state index in [-0.39, 0.29) is 23.0 Å². The van der Waals surface area contributed by atoms with Crippen molar-refractivity contribution in [3.8, 4) is 91.5 Å². The Hall–Kier alpha value is -8.56. The van der Waals surface area contributed by atoms with Gasteiger partial charge in [0, 0.05) is 153 Å². The Morgan fingerprint density at radius 3 is 0.897 bits per heavy atom. The quantitative estimate of drug-likeness (QED) is 0.0164. The smallest absolute Gasteiger partial charge is 0.270 e. The summed E-state index contributed by atoms with van der Waals surface area (Å²) < 4.78 is 2.79. The van der Waals surface area contributed by atoms with E-state index in [0.29, 0.717) is 56.4 Å². The van der Waals surface area contributed by atoms with Crippen LogP contribution in [0.4, 0.5) is 0 Å². The van der Waals surface area contributed by atoms with Gasteiger partial charge in [-0.25, -0.2) is 20.2 Å². The zero-order valence-electron chi connectivity index (χ0n) is 81.8. The Labute approximate surface area is 851 Å². The fraction of sp³-hybridized carbons (Fsp3) is 0.433. The highest BCUT2D eigenvalue weighted by atomic mass is 32.1. The lowest BCUT2D eigenvalue weighted by Gasteiger charge is -2.13. The summed E-state index contributed by atoms with van der Waals surface area (Å²) in [5.74, 6) is 1.01. The number of unbranched alkanes of at least 4 members (excludes halogenated alkanes) is 20. The van der Waals surface area contributed by atoms with E-state index in [0.717, 1.165) is 125 Å². The van der Waals surface area contributed by atoms with Crippen molar-refractivity contribution in [3.05, 3.63) is 242 Å². The fourth-order valence-corrected chi connectivity index (χ4v) is 33.1. The number of ketones is 2. The molecule has 15 rings (SSSR count). The summed E-state index contributed by atoms with van der Waals surface area (Å²) in [7, 11) is 0. The minimum atomic E-state index is -0.133. The predicted molar refractivity (Wildman–Crippen MR) is 601 cm³/mol. The molecule has 3 aromatic carbocycles. The number of thiophene rings is 10. The van der Waals surface area contributed by atoms with Crippen molar-refractivity contribution < 1.29 is 9.59 Å². The molecule has 0 aliphatic heterocycles. The number of allylic oxidation sites excluding steroid dienone is 6. The van der Waals surface area contributed by atoms with Crippen molar-refractivity contribution in [1.29, 1.82) is 10.5 Å². The van der Waals surface area contributed by atoms with Crippen molar-refractivity contribution in [1.82, 2.24) is 0 Å². The molecule has 2 aliphatic rings. The Balaban J connectivity index is 0.925. The molecule has 0 fully saturated rings. The first-order valence-electron chi connectivity index (χ1n) is 51.4. The predicted octanol–water partition coefficient (Wildman–Crippen LogP) is 41.1. The molecule has 2 aliphatic carbocycles. The van der Waals surface area contributed by atoms with E-state index in [4.69, 9.17) is 13.1 Å². The largest absolute Gasteiger partial charge is 0.289 e. The number of carbonyl (C=O) groups is 2. The number of benzene rings is 3. The third-order valence-electron chi connectivity index (χ3n) is 27.8. The summed E-state index contributed by atoms with van der Waals surface area (Å²) in [5.41, 5.74) is 15.3. The number of hydrogen-bond acceptors (Lipinski definition) is 14. The molecule has 0 radical (unpaired) electrons. The van der Waals surface area contributed by atoms with Crippen LogP contribution in [-0.4, -0.2) is 11.6 Å². The molecule has 136 heavy (non-hydrogen) atoms. The van der Waals surface area contributed by atoms with Crippen molar-refractivity contribution in [3.63, 3.8) is 0 Å². The van der Waals surface area contributed by atoms with E-state index in [1.54, 1.807) is 22.7 Å². The van der Waals surface area contributed by atoms with E-state index in [9.17, 15) is 20.1 Å². The van der Waals surface area contributed by atoms with Gasteiger partial charge >= 0.3 is 0 Å². The van der Waals surface area contributed by atoms with Gasteiger partial charge in [0.15, 0.2) is 11.6 Å².